The number of aryl methyl sites for hydroxylation is 1. The zero-order valence-electron chi connectivity index (χ0n) is 13.4. The summed E-state index contributed by atoms with van der Waals surface area (Å²) in [7, 11) is 0. The van der Waals surface area contributed by atoms with Gasteiger partial charge in [0.05, 0.1) is 5.69 Å². The first-order chi connectivity index (χ1) is 10.3. The fourth-order valence-electron chi connectivity index (χ4n) is 3.45. The van der Waals surface area contributed by atoms with Gasteiger partial charge < -0.3 is 10.2 Å². The van der Waals surface area contributed by atoms with Gasteiger partial charge >= 0.3 is 0 Å². The Morgan fingerprint density at radius 2 is 2.05 bits per heavy atom. The quantitative estimate of drug-likeness (QED) is 0.906. The lowest BCUT2D eigenvalue weighted by molar-refractivity contribution is 0.175. The number of piperidine rings is 1. The third-order valence-electron chi connectivity index (χ3n) is 4.76. The van der Waals surface area contributed by atoms with Gasteiger partial charge in [-0.15, -0.1) is 11.3 Å². The van der Waals surface area contributed by atoms with Gasteiger partial charge in [-0.05, 0) is 45.8 Å². The lowest BCUT2D eigenvalue weighted by Crippen LogP contribution is -2.40. The summed E-state index contributed by atoms with van der Waals surface area (Å²) >= 11 is 1.88. The van der Waals surface area contributed by atoms with Gasteiger partial charge in [0.15, 0.2) is 5.13 Å². The molecule has 3 heterocycles. The van der Waals surface area contributed by atoms with E-state index in [1.807, 2.05) is 11.3 Å². The highest BCUT2D eigenvalue weighted by Gasteiger charge is 2.30. The van der Waals surface area contributed by atoms with E-state index in [1.165, 1.54) is 67.6 Å². The number of nitrogens with zero attached hydrogens (tertiary/aromatic N) is 3. The number of hydrogen-bond donors (Lipinski definition) is 1. The summed E-state index contributed by atoms with van der Waals surface area (Å²) in [4.78, 5) is 11.4. The number of thiazole rings is 1. The van der Waals surface area contributed by atoms with E-state index in [4.69, 9.17) is 4.98 Å². The molecule has 2 saturated heterocycles. The second-order valence-electron chi connectivity index (χ2n) is 6.27. The van der Waals surface area contributed by atoms with Gasteiger partial charge in [-0.2, -0.15) is 0 Å². The molecule has 1 aromatic heterocycles. The Morgan fingerprint density at radius 1 is 1.24 bits per heavy atom. The Balaban J connectivity index is 1.60. The lowest BCUT2D eigenvalue weighted by atomic mass is 10.1. The summed E-state index contributed by atoms with van der Waals surface area (Å²) in [6, 6.07) is 0.756. The molecule has 0 spiro atoms. The maximum Gasteiger partial charge on any atom is 0.185 e. The summed E-state index contributed by atoms with van der Waals surface area (Å²) in [6.07, 6.45) is 5.51. The molecular formula is C16H28N4S. The van der Waals surface area contributed by atoms with Crippen molar-refractivity contribution in [3.8, 4) is 0 Å². The highest BCUT2D eigenvalue weighted by molar-refractivity contribution is 7.15. The zero-order valence-corrected chi connectivity index (χ0v) is 14.2. The third-order valence-corrected chi connectivity index (χ3v) is 5.98. The Morgan fingerprint density at radius 3 is 2.81 bits per heavy atom. The fraction of sp³-hybridized carbons (Fsp3) is 0.812. The van der Waals surface area contributed by atoms with E-state index in [0.29, 0.717) is 0 Å². The average Bonchev–Trinajstić information content (AvgIpc) is 3.13. The molecule has 5 heteroatoms. The second kappa shape index (κ2) is 7.07. The molecule has 2 fully saturated rings. The van der Waals surface area contributed by atoms with Crippen LogP contribution in [0.2, 0.25) is 0 Å². The van der Waals surface area contributed by atoms with Crippen LogP contribution in [0.5, 0.6) is 0 Å². The van der Waals surface area contributed by atoms with E-state index in [9.17, 15) is 0 Å². The number of rotatable bonds is 5. The first kappa shape index (κ1) is 15.3. The highest BCUT2D eigenvalue weighted by Crippen LogP contribution is 2.30. The van der Waals surface area contributed by atoms with Gasteiger partial charge in [0.25, 0.3) is 0 Å². The van der Waals surface area contributed by atoms with Crippen LogP contribution in [0.4, 0.5) is 5.13 Å². The molecule has 0 saturated carbocycles. The van der Waals surface area contributed by atoms with Gasteiger partial charge in [-0.25, -0.2) is 4.98 Å². The molecule has 0 aromatic carbocycles. The minimum Gasteiger partial charge on any atom is -0.346 e. The Kier molecular flexibility index (Phi) is 5.14. The van der Waals surface area contributed by atoms with Crippen LogP contribution in [0.15, 0.2) is 0 Å². The van der Waals surface area contributed by atoms with Crippen molar-refractivity contribution in [1.82, 2.24) is 15.2 Å². The maximum atomic E-state index is 4.81. The maximum absolute atomic E-state index is 4.81. The number of hydrogen-bond acceptors (Lipinski definition) is 5. The van der Waals surface area contributed by atoms with E-state index in [-0.39, 0.29) is 0 Å². The van der Waals surface area contributed by atoms with E-state index in [2.05, 4.69) is 29.0 Å². The van der Waals surface area contributed by atoms with Crippen LogP contribution in [-0.4, -0.2) is 48.6 Å². The summed E-state index contributed by atoms with van der Waals surface area (Å²) < 4.78 is 0. The van der Waals surface area contributed by atoms with E-state index in [0.717, 1.165) is 19.1 Å². The van der Waals surface area contributed by atoms with Crippen LogP contribution in [-0.2, 0) is 6.54 Å². The minimum absolute atomic E-state index is 0.756. The smallest absolute Gasteiger partial charge is 0.185 e. The van der Waals surface area contributed by atoms with Crippen molar-refractivity contribution in [3.05, 3.63) is 10.6 Å². The Bertz CT molecular complexity index is 453. The average molecular weight is 308 g/mol. The summed E-state index contributed by atoms with van der Waals surface area (Å²) in [5, 5.41) is 4.65. The standard InChI is InChI=1S/C16H28N4S/c1-3-17-11-15-13(2)18-16(21-15)20-10-7-14(12-20)19-8-5-4-6-9-19/h14,17H,3-12H2,1-2H3. The molecule has 4 nitrogen and oxygen atoms in total. The molecule has 1 N–H and O–H groups in total. The summed E-state index contributed by atoms with van der Waals surface area (Å²) in [5.41, 5.74) is 1.21. The number of aromatic nitrogens is 1. The first-order valence-corrected chi connectivity index (χ1v) is 9.25. The molecule has 0 radical (unpaired) electrons. The van der Waals surface area contributed by atoms with Crippen molar-refractivity contribution in [2.45, 2.75) is 52.1 Å². The van der Waals surface area contributed by atoms with E-state index < -0.39 is 0 Å². The van der Waals surface area contributed by atoms with Crippen LogP contribution < -0.4 is 10.2 Å². The zero-order chi connectivity index (χ0) is 14.7. The molecule has 3 rings (SSSR count). The Hall–Kier alpha value is -0.650. The molecule has 1 aromatic rings. The van der Waals surface area contributed by atoms with Gasteiger partial charge in [0.2, 0.25) is 0 Å². The second-order valence-corrected chi connectivity index (χ2v) is 7.33. The van der Waals surface area contributed by atoms with Crippen molar-refractivity contribution in [2.75, 3.05) is 37.6 Å². The molecule has 1 atom stereocenters. The predicted octanol–water partition coefficient (Wildman–Crippen LogP) is 2.63. The highest BCUT2D eigenvalue weighted by atomic mass is 32.1. The summed E-state index contributed by atoms with van der Waals surface area (Å²) in [6.45, 7) is 11.2. The molecule has 0 aliphatic carbocycles. The SMILES string of the molecule is CCNCc1sc(N2CCC(N3CCCCC3)C2)nc1C. The van der Waals surface area contributed by atoms with Gasteiger partial charge in [0.1, 0.15) is 0 Å². The predicted molar refractivity (Wildman–Crippen MR) is 90.3 cm³/mol. The molecule has 21 heavy (non-hydrogen) atoms. The molecule has 1 unspecified atom stereocenters. The van der Waals surface area contributed by atoms with Crippen LogP contribution in [0, 0.1) is 6.92 Å². The van der Waals surface area contributed by atoms with Crippen molar-refractivity contribution >= 4 is 16.5 Å². The third kappa shape index (κ3) is 3.58. The van der Waals surface area contributed by atoms with Crippen LogP contribution in [0.25, 0.3) is 0 Å². The molecule has 2 aliphatic rings. The topological polar surface area (TPSA) is 31.4 Å². The monoisotopic (exact) mass is 308 g/mol. The molecule has 0 amide bonds. The first-order valence-electron chi connectivity index (χ1n) is 8.44. The van der Waals surface area contributed by atoms with E-state index in [1.54, 1.807) is 0 Å². The Labute approximate surface area is 132 Å². The summed E-state index contributed by atoms with van der Waals surface area (Å²) in [5.74, 6) is 0. The minimum atomic E-state index is 0.756. The van der Waals surface area contributed by atoms with Crippen molar-refractivity contribution in [1.29, 1.82) is 0 Å². The van der Waals surface area contributed by atoms with Crippen LogP contribution >= 0.6 is 11.3 Å². The normalized spacial score (nSPS) is 23.9. The van der Waals surface area contributed by atoms with Crippen LogP contribution in [0.1, 0.15) is 43.2 Å². The van der Waals surface area contributed by atoms with Crippen LogP contribution in [0.3, 0.4) is 0 Å². The van der Waals surface area contributed by atoms with Gasteiger partial charge in [0, 0.05) is 30.6 Å². The molecule has 2 aliphatic heterocycles. The van der Waals surface area contributed by atoms with Gasteiger partial charge in [-0.1, -0.05) is 13.3 Å². The number of likely N-dealkylation sites (tertiary alicyclic amines) is 1. The van der Waals surface area contributed by atoms with Crippen molar-refractivity contribution in [2.24, 2.45) is 0 Å². The van der Waals surface area contributed by atoms with Crippen molar-refractivity contribution in [3.63, 3.8) is 0 Å². The largest absolute Gasteiger partial charge is 0.346 e. The molecule has 118 valence electrons. The fourth-order valence-corrected chi connectivity index (χ4v) is 4.51. The molecule has 0 bridgehead atoms. The number of nitrogens with one attached hydrogen (secondary N) is 1. The van der Waals surface area contributed by atoms with E-state index >= 15 is 0 Å². The number of anilines is 1. The van der Waals surface area contributed by atoms with Crippen molar-refractivity contribution < 1.29 is 0 Å². The van der Waals surface area contributed by atoms with Gasteiger partial charge in [-0.3, -0.25) is 4.90 Å². The molecular weight excluding hydrogens is 280 g/mol. The lowest BCUT2D eigenvalue weighted by Gasteiger charge is -2.32.